The molecule has 1 aromatic carbocycles. The summed E-state index contributed by atoms with van der Waals surface area (Å²) < 4.78 is 0.844. The highest BCUT2D eigenvalue weighted by Crippen LogP contribution is 2.11. The standard InChI is InChI=1S/C14H18BrNO3/c1-9(2)7-12(17)8-16-14(19)13(18)10-3-5-11(15)6-4-10/h3-6,9,12,17H,7-8H2,1-2H3,(H,16,19). The molecule has 0 aliphatic heterocycles. The third-order valence-corrected chi connectivity index (χ3v) is 3.08. The average Bonchev–Trinajstić information content (AvgIpc) is 2.35. The monoisotopic (exact) mass is 327 g/mol. The summed E-state index contributed by atoms with van der Waals surface area (Å²) in [5, 5.41) is 12.1. The van der Waals surface area contributed by atoms with Crippen molar-refractivity contribution < 1.29 is 14.7 Å². The van der Waals surface area contributed by atoms with E-state index in [1.165, 1.54) is 0 Å². The molecule has 5 heteroatoms. The summed E-state index contributed by atoms with van der Waals surface area (Å²) in [5.41, 5.74) is 0.332. The van der Waals surface area contributed by atoms with E-state index in [-0.39, 0.29) is 6.54 Å². The van der Waals surface area contributed by atoms with E-state index in [9.17, 15) is 14.7 Å². The maximum atomic E-state index is 11.8. The summed E-state index contributed by atoms with van der Waals surface area (Å²) in [7, 11) is 0. The Bertz CT molecular complexity index is 443. The van der Waals surface area contributed by atoms with Crippen LogP contribution in [0, 0.1) is 5.92 Å². The Kier molecular flexibility index (Phi) is 6.18. The molecule has 0 aromatic heterocycles. The van der Waals surface area contributed by atoms with Crippen LogP contribution < -0.4 is 5.32 Å². The van der Waals surface area contributed by atoms with Gasteiger partial charge in [-0.2, -0.15) is 0 Å². The lowest BCUT2D eigenvalue weighted by Crippen LogP contribution is -2.37. The molecule has 2 N–H and O–H groups in total. The molecule has 4 nitrogen and oxygen atoms in total. The first kappa shape index (κ1) is 15.9. The minimum atomic E-state index is -0.690. The van der Waals surface area contributed by atoms with Crippen molar-refractivity contribution in [3.63, 3.8) is 0 Å². The first-order valence-electron chi connectivity index (χ1n) is 6.16. The summed E-state index contributed by atoms with van der Waals surface area (Å²) in [6.07, 6.45) is -0.0334. The van der Waals surface area contributed by atoms with Crippen molar-refractivity contribution in [1.29, 1.82) is 0 Å². The normalized spacial score (nSPS) is 12.3. The predicted octanol–water partition coefficient (Wildman–Crippen LogP) is 2.16. The fraction of sp³-hybridized carbons (Fsp3) is 0.429. The van der Waals surface area contributed by atoms with Crippen LogP contribution in [0.1, 0.15) is 30.6 Å². The Morgan fingerprint density at radius 3 is 2.37 bits per heavy atom. The molecule has 0 heterocycles. The van der Waals surface area contributed by atoms with Gasteiger partial charge in [-0.1, -0.05) is 29.8 Å². The van der Waals surface area contributed by atoms with Crippen LogP contribution in [0.15, 0.2) is 28.7 Å². The number of nitrogens with one attached hydrogen (secondary N) is 1. The van der Waals surface area contributed by atoms with Gasteiger partial charge in [0.25, 0.3) is 5.91 Å². The van der Waals surface area contributed by atoms with Gasteiger partial charge in [0.2, 0.25) is 5.78 Å². The van der Waals surface area contributed by atoms with Gasteiger partial charge in [-0.05, 0) is 36.6 Å². The van der Waals surface area contributed by atoms with Gasteiger partial charge in [-0.15, -0.1) is 0 Å². The fourth-order valence-corrected chi connectivity index (χ4v) is 1.91. The van der Waals surface area contributed by atoms with Gasteiger partial charge < -0.3 is 10.4 Å². The fourth-order valence-electron chi connectivity index (χ4n) is 1.65. The molecule has 0 bridgehead atoms. The van der Waals surface area contributed by atoms with E-state index in [0.29, 0.717) is 17.9 Å². The van der Waals surface area contributed by atoms with E-state index in [1.54, 1.807) is 24.3 Å². The second-order valence-electron chi connectivity index (χ2n) is 4.83. The summed E-state index contributed by atoms with van der Waals surface area (Å²) >= 11 is 3.26. The van der Waals surface area contributed by atoms with E-state index in [2.05, 4.69) is 21.2 Å². The highest BCUT2D eigenvalue weighted by Gasteiger charge is 2.17. The van der Waals surface area contributed by atoms with E-state index in [1.807, 2.05) is 13.8 Å². The van der Waals surface area contributed by atoms with Crippen molar-refractivity contribution in [2.75, 3.05) is 6.54 Å². The van der Waals surface area contributed by atoms with Crippen LogP contribution in [-0.2, 0) is 4.79 Å². The molecule has 1 unspecified atom stereocenters. The molecule has 19 heavy (non-hydrogen) atoms. The molecule has 0 fully saturated rings. The third kappa shape index (κ3) is 5.53. The van der Waals surface area contributed by atoms with Gasteiger partial charge in [0.15, 0.2) is 0 Å². The number of Topliss-reactive ketones (excluding diaryl/α,β-unsaturated/α-hetero) is 1. The molecule has 104 valence electrons. The Hall–Kier alpha value is -1.20. The maximum Gasteiger partial charge on any atom is 0.292 e. The van der Waals surface area contributed by atoms with E-state index < -0.39 is 17.8 Å². The van der Waals surface area contributed by atoms with Crippen molar-refractivity contribution in [3.8, 4) is 0 Å². The zero-order chi connectivity index (χ0) is 14.4. The van der Waals surface area contributed by atoms with Gasteiger partial charge in [0.05, 0.1) is 6.10 Å². The second-order valence-corrected chi connectivity index (χ2v) is 5.75. The molecular weight excluding hydrogens is 310 g/mol. The number of rotatable bonds is 6. The van der Waals surface area contributed by atoms with Gasteiger partial charge in [-0.3, -0.25) is 9.59 Å². The summed E-state index contributed by atoms with van der Waals surface area (Å²) in [5.74, 6) is -0.941. The number of halogens is 1. The number of benzene rings is 1. The Morgan fingerprint density at radius 1 is 1.26 bits per heavy atom. The third-order valence-electron chi connectivity index (χ3n) is 2.55. The van der Waals surface area contributed by atoms with Crippen LogP contribution in [0.3, 0.4) is 0 Å². The summed E-state index contributed by atoms with van der Waals surface area (Å²) in [6.45, 7) is 4.06. The van der Waals surface area contributed by atoms with Crippen molar-refractivity contribution in [3.05, 3.63) is 34.3 Å². The highest BCUT2D eigenvalue weighted by molar-refractivity contribution is 9.10. The first-order valence-corrected chi connectivity index (χ1v) is 6.95. The molecule has 0 aliphatic carbocycles. The number of carbonyl (C=O) groups excluding carboxylic acids is 2. The van der Waals surface area contributed by atoms with E-state index in [4.69, 9.17) is 0 Å². The molecule has 1 atom stereocenters. The quantitative estimate of drug-likeness (QED) is 0.621. The number of aliphatic hydroxyl groups excluding tert-OH is 1. The second kappa shape index (κ2) is 7.40. The van der Waals surface area contributed by atoms with Crippen LogP contribution in [0.4, 0.5) is 0 Å². The first-order chi connectivity index (χ1) is 8.90. The number of hydrogen-bond donors (Lipinski definition) is 2. The lowest BCUT2D eigenvalue weighted by molar-refractivity contribution is -0.117. The van der Waals surface area contributed by atoms with Crippen molar-refractivity contribution in [1.82, 2.24) is 5.32 Å². The van der Waals surface area contributed by atoms with Crippen LogP contribution in [0.2, 0.25) is 0 Å². The predicted molar refractivity (Wildman–Crippen MR) is 76.9 cm³/mol. The van der Waals surface area contributed by atoms with Gasteiger partial charge in [0.1, 0.15) is 0 Å². The van der Waals surface area contributed by atoms with E-state index >= 15 is 0 Å². The SMILES string of the molecule is CC(C)CC(O)CNC(=O)C(=O)c1ccc(Br)cc1. The van der Waals surface area contributed by atoms with Crippen LogP contribution in [0.25, 0.3) is 0 Å². The van der Waals surface area contributed by atoms with Crippen LogP contribution >= 0.6 is 15.9 Å². The minimum Gasteiger partial charge on any atom is -0.391 e. The van der Waals surface area contributed by atoms with E-state index in [0.717, 1.165) is 4.47 Å². The largest absolute Gasteiger partial charge is 0.391 e. The summed E-state index contributed by atoms with van der Waals surface area (Å²) in [6, 6.07) is 6.56. The van der Waals surface area contributed by atoms with Crippen molar-refractivity contribution in [2.45, 2.75) is 26.4 Å². The number of carbonyl (C=O) groups is 2. The number of amides is 1. The Labute approximate surface area is 121 Å². The average molecular weight is 328 g/mol. The van der Waals surface area contributed by atoms with Gasteiger partial charge >= 0.3 is 0 Å². The molecule has 0 spiro atoms. The number of hydrogen-bond acceptors (Lipinski definition) is 3. The topological polar surface area (TPSA) is 66.4 Å². The van der Waals surface area contributed by atoms with Gasteiger partial charge in [0, 0.05) is 16.6 Å². The summed E-state index contributed by atoms with van der Waals surface area (Å²) in [4.78, 5) is 23.4. The molecule has 1 rings (SSSR count). The maximum absolute atomic E-state index is 11.8. The zero-order valence-electron chi connectivity index (χ0n) is 11.0. The van der Waals surface area contributed by atoms with Gasteiger partial charge in [-0.25, -0.2) is 0 Å². The van der Waals surface area contributed by atoms with Crippen molar-refractivity contribution >= 4 is 27.6 Å². The number of aliphatic hydroxyl groups is 1. The number of ketones is 1. The van der Waals surface area contributed by atoms with Crippen LogP contribution in [-0.4, -0.2) is 29.4 Å². The lowest BCUT2D eigenvalue weighted by atomic mass is 10.1. The lowest BCUT2D eigenvalue weighted by Gasteiger charge is -2.13. The molecule has 0 saturated heterocycles. The minimum absolute atomic E-state index is 0.0965. The molecule has 1 amide bonds. The Balaban J connectivity index is 2.49. The molecule has 0 radical (unpaired) electrons. The van der Waals surface area contributed by atoms with Crippen LogP contribution in [0.5, 0.6) is 0 Å². The molecule has 1 aromatic rings. The smallest absolute Gasteiger partial charge is 0.292 e. The molecular formula is C14H18BrNO3. The van der Waals surface area contributed by atoms with Crippen molar-refractivity contribution in [2.24, 2.45) is 5.92 Å². The molecule has 0 aliphatic rings. The highest BCUT2D eigenvalue weighted by atomic mass is 79.9. The molecule has 0 saturated carbocycles. The zero-order valence-corrected chi connectivity index (χ0v) is 12.6. The Morgan fingerprint density at radius 2 is 1.84 bits per heavy atom.